The van der Waals surface area contributed by atoms with E-state index in [1.807, 2.05) is 0 Å². The van der Waals surface area contributed by atoms with Crippen molar-refractivity contribution in [3.05, 3.63) is 12.2 Å². The molecule has 0 rings (SSSR count). The Balaban J connectivity index is 4.30. The lowest BCUT2D eigenvalue weighted by molar-refractivity contribution is -0.167. The second-order valence-electron chi connectivity index (χ2n) is 19.6. The Morgan fingerprint density at radius 2 is 0.516 bits per heavy atom. The molecule has 0 bridgehead atoms. The highest BCUT2D eigenvalue weighted by Crippen LogP contribution is 2.17. The van der Waals surface area contributed by atoms with Gasteiger partial charge in [-0.15, -0.1) is 0 Å². The normalized spacial score (nSPS) is 12.0. The van der Waals surface area contributed by atoms with E-state index in [1.165, 1.54) is 225 Å². The zero-order valence-corrected chi connectivity index (χ0v) is 43.3. The van der Waals surface area contributed by atoms with E-state index in [0.717, 1.165) is 57.8 Å². The van der Waals surface area contributed by atoms with Crippen molar-refractivity contribution < 1.29 is 28.6 Å². The fourth-order valence-corrected chi connectivity index (χ4v) is 8.68. The summed E-state index contributed by atoms with van der Waals surface area (Å²) in [6, 6.07) is 0. The smallest absolute Gasteiger partial charge is 0.306 e. The maximum atomic E-state index is 12.8. The van der Waals surface area contributed by atoms with Crippen LogP contribution < -0.4 is 0 Å². The monoisotopic (exact) mass is 903 g/mol. The number of unbranched alkanes of at least 4 members (excludes halogenated alkanes) is 40. The molecule has 0 N–H and O–H groups in total. The van der Waals surface area contributed by atoms with Gasteiger partial charge < -0.3 is 14.2 Å². The fraction of sp³-hybridized carbons (Fsp3) is 0.914. The third kappa shape index (κ3) is 51.1. The van der Waals surface area contributed by atoms with Gasteiger partial charge in [-0.1, -0.05) is 270 Å². The van der Waals surface area contributed by atoms with Crippen molar-refractivity contribution in [3.63, 3.8) is 0 Å². The first-order valence-electron chi connectivity index (χ1n) is 28.7. The van der Waals surface area contributed by atoms with E-state index in [-0.39, 0.29) is 31.1 Å². The minimum Gasteiger partial charge on any atom is -0.462 e. The molecule has 0 fully saturated rings. The first kappa shape index (κ1) is 62.1. The average Bonchev–Trinajstić information content (AvgIpc) is 3.29. The summed E-state index contributed by atoms with van der Waals surface area (Å²) >= 11 is 0. The molecule has 0 saturated heterocycles. The summed E-state index contributed by atoms with van der Waals surface area (Å²) in [6.07, 6.45) is 60.5. The molecule has 0 aliphatic carbocycles. The maximum Gasteiger partial charge on any atom is 0.306 e. The summed E-state index contributed by atoms with van der Waals surface area (Å²) < 4.78 is 16.9. The quantitative estimate of drug-likeness (QED) is 0.0262. The first-order chi connectivity index (χ1) is 31.5. The van der Waals surface area contributed by atoms with E-state index < -0.39 is 6.10 Å². The number of hydrogen-bond acceptors (Lipinski definition) is 6. The summed E-state index contributed by atoms with van der Waals surface area (Å²) in [7, 11) is 0. The SMILES string of the molecule is CCCCCCCCC/C=C\CCCCCCCCCC(=O)OCC(COC(=O)CCCCCCCCCCCCCCCC)OC(=O)CCCCCCCCCCCCCCCC. The number of carbonyl (C=O) groups is 3. The summed E-state index contributed by atoms with van der Waals surface area (Å²) in [5, 5.41) is 0. The van der Waals surface area contributed by atoms with Gasteiger partial charge in [-0.25, -0.2) is 0 Å². The van der Waals surface area contributed by atoms with Gasteiger partial charge in [-0.2, -0.15) is 0 Å². The van der Waals surface area contributed by atoms with Crippen molar-refractivity contribution in [1.82, 2.24) is 0 Å². The highest BCUT2D eigenvalue weighted by Gasteiger charge is 2.19. The zero-order valence-electron chi connectivity index (χ0n) is 43.3. The van der Waals surface area contributed by atoms with Crippen LogP contribution in [0, 0.1) is 0 Å². The predicted octanol–water partition coefficient (Wildman–Crippen LogP) is 18.9. The van der Waals surface area contributed by atoms with Crippen LogP contribution in [0.15, 0.2) is 12.2 Å². The molecular formula is C58H110O6. The van der Waals surface area contributed by atoms with Crippen LogP contribution in [0.3, 0.4) is 0 Å². The van der Waals surface area contributed by atoms with Crippen molar-refractivity contribution in [2.24, 2.45) is 0 Å². The van der Waals surface area contributed by atoms with E-state index in [2.05, 4.69) is 32.9 Å². The van der Waals surface area contributed by atoms with Crippen molar-refractivity contribution >= 4 is 17.9 Å². The van der Waals surface area contributed by atoms with Crippen LogP contribution in [-0.4, -0.2) is 37.2 Å². The lowest BCUT2D eigenvalue weighted by atomic mass is 10.0. The Morgan fingerprint density at radius 3 is 0.781 bits per heavy atom. The lowest BCUT2D eigenvalue weighted by Gasteiger charge is -2.18. The number of esters is 3. The molecule has 0 heterocycles. The molecule has 6 nitrogen and oxygen atoms in total. The van der Waals surface area contributed by atoms with Crippen LogP contribution in [0.4, 0.5) is 0 Å². The fourth-order valence-electron chi connectivity index (χ4n) is 8.68. The minimum absolute atomic E-state index is 0.0653. The second-order valence-corrected chi connectivity index (χ2v) is 19.6. The van der Waals surface area contributed by atoms with Gasteiger partial charge >= 0.3 is 17.9 Å². The predicted molar refractivity (Wildman–Crippen MR) is 275 cm³/mol. The molecule has 0 radical (unpaired) electrons. The van der Waals surface area contributed by atoms with Crippen LogP contribution in [0.2, 0.25) is 0 Å². The Bertz CT molecular complexity index is 993. The number of ether oxygens (including phenoxy) is 3. The Hall–Kier alpha value is -1.85. The highest BCUT2D eigenvalue weighted by atomic mass is 16.6. The number of carbonyl (C=O) groups excluding carboxylic acids is 3. The standard InChI is InChI=1S/C58H110O6/c1-4-7-10-13-16-19-22-25-28-29-30-31-34-36-39-42-45-48-51-57(60)63-54-55(64-58(61)52-49-46-43-40-37-33-27-24-21-18-15-12-9-6-3)53-62-56(59)50-47-44-41-38-35-32-26-23-20-17-14-11-8-5-2/h28-29,55H,4-27,30-54H2,1-3H3/b29-28-. The molecule has 0 aromatic rings. The molecule has 0 aromatic carbocycles. The highest BCUT2D eigenvalue weighted by molar-refractivity contribution is 5.71. The van der Waals surface area contributed by atoms with Gasteiger partial charge in [0.2, 0.25) is 0 Å². The zero-order chi connectivity index (χ0) is 46.5. The third-order valence-corrected chi connectivity index (χ3v) is 13.0. The van der Waals surface area contributed by atoms with Crippen molar-refractivity contribution in [1.29, 1.82) is 0 Å². The largest absolute Gasteiger partial charge is 0.462 e. The maximum absolute atomic E-state index is 12.8. The van der Waals surface area contributed by atoms with Gasteiger partial charge in [0.15, 0.2) is 6.10 Å². The van der Waals surface area contributed by atoms with Crippen molar-refractivity contribution in [3.8, 4) is 0 Å². The topological polar surface area (TPSA) is 78.9 Å². The molecule has 378 valence electrons. The molecule has 0 aliphatic heterocycles. The second kappa shape index (κ2) is 53.8. The summed E-state index contributed by atoms with van der Waals surface area (Å²) in [5.41, 5.74) is 0. The van der Waals surface area contributed by atoms with E-state index in [0.29, 0.717) is 19.3 Å². The van der Waals surface area contributed by atoms with E-state index in [4.69, 9.17) is 14.2 Å². The number of allylic oxidation sites excluding steroid dienone is 2. The molecule has 6 heteroatoms. The molecule has 64 heavy (non-hydrogen) atoms. The summed E-state index contributed by atoms with van der Waals surface area (Å²) in [5.74, 6) is -0.846. The molecular weight excluding hydrogens is 793 g/mol. The molecule has 1 unspecified atom stereocenters. The Kier molecular flexibility index (Phi) is 52.2. The number of rotatable bonds is 53. The average molecular weight is 904 g/mol. The van der Waals surface area contributed by atoms with Crippen LogP contribution in [0.5, 0.6) is 0 Å². The Morgan fingerprint density at radius 1 is 0.297 bits per heavy atom. The molecule has 0 spiro atoms. The third-order valence-electron chi connectivity index (χ3n) is 13.0. The van der Waals surface area contributed by atoms with Gasteiger partial charge in [0.1, 0.15) is 13.2 Å². The van der Waals surface area contributed by atoms with Crippen molar-refractivity contribution in [2.45, 2.75) is 329 Å². The molecule has 0 amide bonds. The van der Waals surface area contributed by atoms with Gasteiger partial charge in [-0.3, -0.25) is 14.4 Å². The van der Waals surface area contributed by atoms with Gasteiger partial charge in [0.05, 0.1) is 0 Å². The Labute approximate surface area is 399 Å². The van der Waals surface area contributed by atoms with Crippen LogP contribution >= 0.6 is 0 Å². The van der Waals surface area contributed by atoms with Crippen molar-refractivity contribution in [2.75, 3.05) is 13.2 Å². The first-order valence-corrected chi connectivity index (χ1v) is 28.7. The molecule has 0 aromatic heterocycles. The van der Waals surface area contributed by atoms with E-state index in [9.17, 15) is 14.4 Å². The van der Waals surface area contributed by atoms with Crippen LogP contribution in [0.1, 0.15) is 323 Å². The summed E-state index contributed by atoms with van der Waals surface area (Å²) in [4.78, 5) is 38.1. The molecule has 1 atom stereocenters. The van der Waals surface area contributed by atoms with Gasteiger partial charge in [-0.05, 0) is 44.9 Å². The van der Waals surface area contributed by atoms with Crippen LogP contribution in [0.25, 0.3) is 0 Å². The van der Waals surface area contributed by atoms with Gasteiger partial charge in [0, 0.05) is 19.3 Å². The molecule has 0 aliphatic rings. The summed E-state index contributed by atoms with van der Waals surface area (Å²) in [6.45, 7) is 6.69. The molecule has 0 saturated carbocycles. The van der Waals surface area contributed by atoms with E-state index in [1.54, 1.807) is 0 Å². The van der Waals surface area contributed by atoms with Crippen LogP contribution in [-0.2, 0) is 28.6 Å². The lowest BCUT2D eigenvalue weighted by Crippen LogP contribution is -2.30. The minimum atomic E-state index is -0.765. The van der Waals surface area contributed by atoms with E-state index >= 15 is 0 Å². The van der Waals surface area contributed by atoms with Gasteiger partial charge in [0.25, 0.3) is 0 Å². The number of hydrogen-bond donors (Lipinski definition) is 0.